The number of ether oxygens (including phenoxy) is 2. The number of hydrogen-bond donors (Lipinski definition) is 1. The molecule has 0 aromatic carbocycles. The third kappa shape index (κ3) is 3.53. The van der Waals surface area contributed by atoms with E-state index in [0.717, 1.165) is 52.0 Å². The molecule has 1 spiro atoms. The fourth-order valence-electron chi connectivity index (χ4n) is 3.61. The molecule has 3 rings (SSSR count). The molecule has 3 heterocycles. The molecular formula is C17H29N3O2. The van der Waals surface area contributed by atoms with E-state index in [0.29, 0.717) is 5.92 Å². The first-order valence-electron chi connectivity index (χ1n) is 8.71. The van der Waals surface area contributed by atoms with Gasteiger partial charge in [0.15, 0.2) is 5.79 Å². The van der Waals surface area contributed by atoms with Crippen LogP contribution < -0.4 is 0 Å². The fourth-order valence-corrected chi connectivity index (χ4v) is 3.61. The second kappa shape index (κ2) is 7.11. The van der Waals surface area contributed by atoms with Crippen molar-refractivity contribution in [2.75, 3.05) is 26.8 Å². The van der Waals surface area contributed by atoms with E-state index in [-0.39, 0.29) is 5.79 Å². The highest BCUT2D eigenvalue weighted by atomic mass is 16.7. The molecule has 0 unspecified atom stereocenters. The van der Waals surface area contributed by atoms with Crippen molar-refractivity contribution >= 4 is 0 Å². The lowest BCUT2D eigenvalue weighted by molar-refractivity contribution is -0.234. The average molecular weight is 307 g/mol. The summed E-state index contributed by atoms with van der Waals surface area (Å²) < 4.78 is 11.9. The highest BCUT2D eigenvalue weighted by molar-refractivity contribution is 5.21. The Kier molecular flexibility index (Phi) is 5.16. The summed E-state index contributed by atoms with van der Waals surface area (Å²) in [5.74, 6) is 0.154. The molecule has 5 nitrogen and oxygen atoms in total. The molecule has 2 aliphatic heterocycles. The minimum Gasteiger partial charge on any atom is -0.350 e. The SMILES string of the molecule is CCCCN(C)Cc1cn[nH]c1[C@H]1CC[C@]2(CCCO2)OC1. The summed E-state index contributed by atoms with van der Waals surface area (Å²) in [6.45, 7) is 5.93. The Morgan fingerprint density at radius 1 is 1.41 bits per heavy atom. The van der Waals surface area contributed by atoms with Crippen LogP contribution >= 0.6 is 0 Å². The van der Waals surface area contributed by atoms with Crippen LogP contribution in [0.25, 0.3) is 0 Å². The number of hydrogen-bond acceptors (Lipinski definition) is 4. The molecule has 1 aromatic heterocycles. The van der Waals surface area contributed by atoms with Gasteiger partial charge in [0.25, 0.3) is 0 Å². The maximum atomic E-state index is 6.10. The predicted molar refractivity (Wildman–Crippen MR) is 85.7 cm³/mol. The highest BCUT2D eigenvalue weighted by Crippen LogP contribution is 2.40. The smallest absolute Gasteiger partial charge is 0.168 e. The van der Waals surface area contributed by atoms with Crippen LogP contribution in [0.1, 0.15) is 62.6 Å². The molecule has 1 N–H and O–H groups in total. The van der Waals surface area contributed by atoms with Gasteiger partial charge in [0.05, 0.1) is 19.4 Å². The molecule has 2 atom stereocenters. The number of nitrogens with zero attached hydrogens (tertiary/aromatic N) is 2. The lowest BCUT2D eigenvalue weighted by Crippen LogP contribution is -2.38. The van der Waals surface area contributed by atoms with Crippen LogP contribution in [0.15, 0.2) is 6.20 Å². The van der Waals surface area contributed by atoms with Crippen LogP contribution in [-0.4, -0.2) is 47.7 Å². The molecule has 0 aliphatic carbocycles. The molecule has 0 amide bonds. The van der Waals surface area contributed by atoms with Gasteiger partial charge in [-0.2, -0.15) is 5.10 Å². The predicted octanol–water partition coefficient (Wildman–Crippen LogP) is 3.04. The first-order chi connectivity index (χ1) is 10.7. The number of unbranched alkanes of at least 4 members (excludes halogenated alkanes) is 1. The van der Waals surface area contributed by atoms with E-state index in [9.17, 15) is 0 Å². The zero-order chi connectivity index (χ0) is 15.4. The van der Waals surface area contributed by atoms with Crippen molar-refractivity contribution in [1.29, 1.82) is 0 Å². The van der Waals surface area contributed by atoms with Gasteiger partial charge in [-0.3, -0.25) is 5.10 Å². The van der Waals surface area contributed by atoms with E-state index >= 15 is 0 Å². The molecule has 22 heavy (non-hydrogen) atoms. The van der Waals surface area contributed by atoms with E-state index in [1.807, 2.05) is 6.20 Å². The molecule has 1 aromatic rings. The summed E-state index contributed by atoms with van der Waals surface area (Å²) in [5.41, 5.74) is 2.58. The molecule has 124 valence electrons. The topological polar surface area (TPSA) is 50.4 Å². The molecule has 2 fully saturated rings. The van der Waals surface area contributed by atoms with Crippen LogP contribution in [0.3, 0.4) is 0 Å². The maximum Gasteiger partial charge on any atom is 0.168 e. The molecule has 0 radical (unpaired) electrons. The normalized spacial score (nSPS) is 28.8. The van der Waals surface area contributed by atoms with Crippen LogP contribution in [0.2, 0.25) is 0 Å². The number of aromatic amines is 1. The van der Waals surface area contributed by atoms with Crippen LogP contribution in [-0.2, 0) is 16.0 Å². The van der Waals surface area contributed by atoms with Crippen molar-refractivity contribution in [3.05, 3.63) is 17.5 Å². The van der Waals surface area contributed by atoms with E-state index in [4.69, 9.17) is 9.47 Å². The molecule has 2 aliphatic rings. The molecule has 5 heteroatoms. The van der Waals surface area contributed by atoms with E-state index in [1.165, 1.54) is 24.1 Å². The largest absolute Gasteiger partial charge is 0.350 e. The van der Waals surface area contributed by atoms with Gasteiger partial charge in [0.1, 0.15) is 0 Å². The highest BCUT2D eigenvalue weighted by Gasteiger charge is 2.41. The Hall–Kier alpha value is -0.910. The van der Waals surface area contributed by atoms with Gasteiger partial charge in [-0.1, -0.05) is 13.3 Å². The van der Waals surface area contributed by atoms with Crippen molar-refractivity contribution in [1.82, 2.24) is 15.1 Å². The standard InChI is InChI=1S/C17H29N3O2/c1-3-4-9-20(2)12-15-11-18-19-16(15)14-6-8-17(22-13-14)7-5-10-21-17/h11,14H,3-10,12-13H2,1-2H3,(H,18,19)/t14-,17-/m0/s1. The Morgan fingerprint density at radius 3 is 3.00 bits per heavy atom. The lowest BCUT2D eigenvalue weighted by atomic mass is 9.90. The molecule has 0 saturated carbocycles. The number of H-pyrrole nitrogens is 1. The first kappa shape index (κ1) is 16.0. The Labute approximate surface area is 133 Å². The van der Waals surface area contributed by atoms with Crippen molar-refractivity contribution < 1.29 is 9.47 Å². The second-order valence-corrected chi connectivity index (χ2v) is 6.81. The van der Waals surface area contributed by atoms with Gasteiger partial charge in [0, 0.05) is 36.6 Å². The Bertz CT molecular complexity index is 458. The Balaban J connectivity index is 1.58. The van der Waals surface area contributed by atoms with Crippen LogP contribution in [0.5, 0.6) is 0 Å². The van der Waals surface area contributed by atoms with Crippen LogP contribution in [0, 0.1) is 0 Å². The van der Waals surface area contributed by atoms with Gasteiger partial charge in [-0.15, -0.1) is 0 Å². The second-order valence-electron chi connectivity index (χ2n) is 6.81. The van der Waals surface area contributed by atoms with Gasteiger partial charge in [0.2, 0.25) is 0 Å². The van der Waals surface area contributed by atoms with Crippen molar-refractivity contribution in [3.8, 4) is 0 Å². The zero-order valence-corrected chi connectivity index (χ0v) is 13.9. The fraction of sp³-hybridized carbons (Fsp3) is 0.824. The van der Waals surface area contributed by atoms with Gasteiger partial charge in [-0.05, 0) is 32.9 Å². The zero-order valence-electron chi connectivity index (χ0n) is 13.9. The minimum atomic E-state index is -0.269. The Morgan fingerprint density at radius 2 is 2.32 bits per heavy atom. The average Bonchev–Trinajstić information content (AvgIpc) is 3.16. The summed E-state index contributed by atoms with van der Waals surface area (Å²) in [5, 5.41) is 7.50. The van der Waals surface area contributed by atoms with Gasteiger partial charge >= 0.3 is 0 Å². The van der Waals surface area contributed by atoms with Crippen LogP contribution in [0.4, 0.5) is 0 Å². The summed E-state index contributed by atoms with van der Waals surface area (Å²) in [6, 6.07) is 0. The first-order valence-corrected chi connectivity index (χ1v) is 8.71. The van der Waals surface area contributed by atoms with E-state index < -0.39 is 0 Å². The molecular weight excluding hydrogens is 278 g/mol. The number of aromatic nitrogens is 2. The van der Waals surface area contributed by atoms with Crippen molar-refractivity contribution in [2.45, 2.75) is 63.7 Å². The number of rotatable bonds is 6. The lowest BCUT2D eigenvalue weighted by Gasteiger charge is -2.36. The van der Waals surface area contributed by atoms with Crippen molar-refractivity contribution in [3.63, 3.8) is 0 Å². The van der Waals surface area contributed by atoms with E-state index in [1.54, 1.807) is 0 Å². The summed E-state index contributed by atoms with van der Waals surface area (Å²) in [7, 11) is 2.19. The number of nitrogens with one attached hydrogen (secondary N) is 1. The van der Waals surface area contributed by atoms with Gasteiger partial charge in [-0.25, -0.2) is 0 Å². The maximum absolute atomic E-state index is 6.10. The summed E-state index contributed by atoms with van der Waals surface area (Å²) in [6.07, 6.45) is 8.76. The monoisotopic (exact) mass is 307 g/mol. The molecule has 2 saturated heterocycles. The summed E-state index contributed by atoms with van der Waals surface area (Å²) >= 11 is 0. The van der Waals surface area contributed by atoms with Crippen molar-refractivity contribution in [2.24, 2.45) is 0 Å². The third-order valence-corrected chi connectivity index (χ3v) is 4.98. The third-order valence-electron chi connectivity index (χ3n) is 4.98. The van der Waals surface area contributed by atoms with Gasteiger partial charge < -0.3 is 14.4 Å². The minimum absolute atomic E-state index is 0.269. The molecule has 0 bridgehead atoms. The van der Waals surface area contributed by atoms with E-state index in [2.05, 4.69) is 29.1 Å². The quantitative estimate of drug-likeness (QED) is 0.877. The summed E-state index contributed by atoms with van der Waals surface area (Å²) in [4.78, 5) is 2.38.